The SMILES string of the molecule is C[Si](C)(c1ccccc1)c1ccc(-c2ccc3c(c2)sc2ccccc23)nc1. The second-order valence-corrected chi connectivity index (χ2v) is 13.2. The molecular weight excluding hydrogens is 374 g/mol. The molecule has 1 nitrogen and oxygen atoms in total. The maximum absolute atomic E-state index is 4.84. The number of aromatic nitrogens is 1. The van der Waals surface area contributed by atoms with E-state index in [2.05, 4.69) is 104 Å². The lowest BCUT2D eigenvalue weighted by atomic mass is 10.1. The van der Waals surface area contributed by atoms with Gasteiger partial charge in [0.25, 0.3) is 0 Å². The highest BCUT2D eigenvalue weighted by atomic mass is 32.1. The first-order chi connectivity index (χ1) is 13.6. The number of pyridine rings is 1. The van der Waals surface area contributed by atoms with Crippen molar-refractivity contribution in [3.05, 3.63) is 91.1 Å². The summed E-state index contributed by atoms with van der Waals surface area (Å²) in [6.07, 6.45) is 2.09. The van der Waals surface area contributed by atoms with Gasteiger partial charge in [0.15, 0.2) is 0 Å². The molecule has 0 aliphatic heterocycles. The summed E-state index contributed by atoms with van der Waals surface area (Å²) in [6.45, 7) is 4.78. The van der Waals surface area contributed by atoms with E-state index in [-0.39, 0.29) is 0 Å². The highest BCUT2D eigenvalue weighted by molar-refractivity contribution is 7.25. The van der Waals surface area contributed by atoms with Gasteiger partial charge in [-0.3, -0.25) is 4.98 Å². The third kappa shape index (κ3) is 2.88. The maximum Gasteiger partial charge on any atom is 0.114 e. The molecule has 0 spiro atoms. The summed E-state index contributed by atoms with van der Waals surface area (Å²) in [5.74, 6) is 0. The zero-order valence-electron chi connectivity index (χ0n) is 16.0. The molecule has 0 amide bonds. The lowest BCUT2D eigenvalue weighted by Gasteiger charge is -2.23. The summed E-state index contributed by atoms with van der Waals surface area (Å²) in [5.41, 5.74) is 2.23. The fraction of sp³-hybridized carbons (Fsp3) is 0.0800. The summed E-state index contributed by atoms with van der Waals surface area (Å²) in [7, 11) is -1.71. The number of benzene rings is 3. The maximum atomic E-state index is 4.84. The molecule has 0 aliphatic rings. The largest absolute Gasteiger partial charge is 0.256 e. The number of fused-ring (bicyclic) bond motifs is 3. The third-order valence-electron chi connectivity index (χ3n) is 5.66. The second kappa shape index (κ2) is 6.69. The highest BCUT2D eigenvalue weighted by Crippen LogP contribution is 2.35. The Morgan fingerprint density at radius 2 is 1.43 bits per heavy atom. The molecule has 0 unspecified atom stereocenters. The lowest BCUT2D eigenvalue weighted by Crippen LogP contribution is -2.52. The average Bonchev–Trinajstić information content (AvgIpc) is 3.12. The Labute approximate surface area is 170 Å². The Kier molecular flexibility index (Phi) is 4.15. The minimum Gasteiger partial charge on any atom is -0.256 e. The van der Waals surface area contributed by atoms with Gasteiger partial charge in [0, 0.05) is 31.9 Å². The van der Waals surface area contributed by atoms with Crippen molar-refractivity contribution in [2.45, 2.75) is 13.1 Å². The van der Waals surface area contributed by atoms with Gasteiger partial charge in [0.2, 0.25) is 0 Å². The van der Waals surface area contributed by atoms with Crippen LogP contribution in [0.15, 0.2) is 91.1 Å². The Hall–Kier alpha value is -2.75. The molecule has 0 aliphatic carbocycles. The fourth-order valence-corrected chi connectivity index (χ4v) is 7.23. The van der Waals surface area contributed by atoms with Gasteiger partial charge in [-0.1, -0.05) is 85.0 Å². The number of hydrogen-bond acceptors (Lipinski definition) is 2. The molecule has 2 heterocycles. The molecule has 5 rings (SSSR count). The zero-order chi connectivity index (χ0) is 19.1. The van der Waals surface area contributed by atoms with Crippen LogP contribution in [0.1, 0.15) is 0 Å². The normalized spacial score (nSPS) is 11.9. The number of rotatable bonds is 3. The third-order valence-corrected chi connectivity index (χ3v) is 10.3. The molecule has 3 heteroatoms. The van der Waals surface area contributed by atoms with Gasteiger partial charge in [-0.05, 0) is 23.4 Å². The monoisotopic (exact) mass is 395 g/mol. The van der Waals surface area contributed by atoms with Crippen LogP contribution in [0.2, 0.25) is 13.1 Å². The standard InChI is InChI=1S/C25H21NSSi/c1-28(2,19-8-4-3-5-9-19)20-13-15-23(26-17-20)18-12-14-22-21-10-6-7-11-24(21)27-25(22)16-18/h3-17H,1-2H3. The van der Waals surface area contributed by atoms with Crippen molar-refractivity contribution in [2.75, 3.05) is 0 Å². The van der Waals surface area contributed by atoms with Crippen molar-refractivity contribution in [2.24, 2.45) is 0 Å². The van der Waals surface area contributed by atoms with Gasteiger partial charge in [0.1, 0.15) is 8.07 Å². The summed E-state index contributed by atoms with van der Waals surface area (Å²) in [4.78, 5) is 4.84. The minimum atomic E-state index is -1.71. The topological polar surface area (TPSA) is 12.9 Å². The van der Waals surface area contributed by atoms with E-state index in [9.17, 15) is 0 Å². The van der Waals surface area contributed by atoms with Crippen LogP contribution < -0.4 is 10.4 Å². The molecule has 0 radical (unpaired) electrons. The van der Waals surface area contributed by atoms with Gasteiger partial charge in [-0.25, -0.2) is 0 Å². The number of thiophene rings is 1. The van der Waals surface area contributed by atoms with Crippen LogP contribution in [-0.4, -0.2) is 13.1 Å². The van der Waals surface area contributed by atoms with E-state index >= 15 is 0 Å². The molecule has 2 aromatic heterocycles. The first kappa shape index (κ1) is 17.4. The molecule has 5 aromatic rings. The van der Waals surface area contributed by atoms with Crippen molar-refractivity contribution < 1.29 is 0 Å². The Morgan fingerprint density at radius 1 is 0.679 bits per heavy atom. The van der Waals surface area contributed by atoms with Crippen LogP contribution in [0.4, 0.5) is 0 Å². The van der Waals surface area contributed by atoms with Crippen LogP contribution in [0.25, 0.3) is 31.4 Å². The molecule has 0 saturated carbocycles. The van der Waals surface area contributed by atoms with E-state index < -0.39 is 8.07 Å². The second-order valence-electron chi connectivity index (χ2n) is 7.73. The molecule has 136 valence electrons. The van der Waals surface area contributed by atoms with Gasteiger partial charge >= 0.3 is 0 Å². The minimum absolute atomic E-state index is 1.04. The Morgan fingerprint density at radius 3 is 2.21 bits per heavy atom. The fourth-order valence-electron chi connectivity index (χ4n) is 3.84. The molecular formula is C25H21NSSi. The molecule has 0 fully saturated rings. The van der Waals surface area contributed by atoms with Gasteiger partial charge in [-0.15, -0.1) is 11.3 Å². The quantitative estimate of drug-likeness (QED) is 0.345. The van der Waals surface area contributed by atoms with E-state index in [1.807, 2.05) is 11.3 Å². The van der Waals surface area contributed by atoms with Gasteiger partial charge in [0.05, 0.1) is 5.69 Å². The number of nitrogens with zero attached hydrogens (tertiary/aromatic N) is 1. The summed E-state index contributed by atoms with van der Waals surface area (Å²) in [6, 6.07) is 30.6. The van der Waals surface area contributed by atoms with Crippen LogP contribution >= 0.6 is 11.3 Å². The lowest BCUT2D eigenvalue weighted by molar-refractivity contribution is 1.34. The molecule has 28 heavy (non-hydrogen) atoms. The Balaban J connectivity index is 1.53. The zero-order valence-corrected chi connectivity index (χ0v) is 17.8. The average molecular weight is 396 g/mol. The predicted octanol–water partition coefficient (Wildman–Crippen LogP) is 5.94. The molecule has 3 aromatic carbocycles. The first-order valence-electron chi connectivity index (χ1n) is 9.57. The molecule has 0 bridgehead atoms. The highest BCUT2D eigenvalue weighted by Gasteiger charge is 2.26. The molecule has 0 saturated heterocycles. The van der Waals surface area contributed by atoms with Crippen LogP contribution in [0.5, 0.6) is 0 Å². The predicted molar refractivity (Wildman–Crippen MR) is 126 cm³/mol. The van der Waals surface area contributed by atoms with Gasteiger partial charge in [-0.2, -0.15) is 0 Å². The van der Waals surface area contributed by atoms with Crippen molar-refractivity contribution in [1.82, 2.24) is 4.98 Å². The van der Waals surface area contributed by atoms with Crippen molar-refractivity contribution >= 4 is 50.0 Å². The molecule has 0 atom stereocenters. The summed E-state index contributed by atoms with van der Waals surface area (Å²) < 4.78 is 2.66. The summed E-state index contributed by atoms with van der Waals surface area (Å²) in [5, 5.41) is 5.48. The smallest absolute Gasteiger partial charge is 0.114 e. The van der Waals surface area contributed by atoms with Crippen molar-refractivity contribution in [1.29, 1.82) is 0 Å². The van der Waals surface area contributed by atoms with Crippen LogP contribution in [0, 0.1) is 0 Å². The van der Waals surface area contributed by atoms with Crippen molar-refractivity contribution in [3.8, 4) is 11.3 Å². The van der Waals surface area contributed by atoms with Crippen molar-refractivity contribution in [3.63, 3.8) is 0 Å². The number of hydrogen-bond donors (Lipinski definition) is 0. The van der Waals surface area contributed by atoms with Crippen LogP contribution in [-0.2, 0) is 0 Å². The van der Waals surface area contributed by atoms with Gasteiger partial charge < -0.3 is 0 Å². The van der Waals surface area contributed by atoms with E-state index in [0.717, 1.165) is 5.69 Å². The van der Waals surface area contributed by atoms with E-state index in [1.54, 1.807) is 0 Å². The first-order valence-corrected chi connectivity index (χ1v) is 13.4. The summed E-state index contributed by atoms with van der Waals surface area (Å²) >= 11 is 1.85. The van der Waals surface area contributed by atoms with Crippen LogP contribution in [0.3, 0.4) is 0 Å². The molecule has 0 N–H and O–H groups in total. The Bertz CT molecular complexity index is 1270. The van der Waals surface area contributed by atoms with E-state index in [4.69, 9.17) is 4.98 Å². The van der Waals surface area contributed by atoms with E-state index in [1.165, 1.54) is 36.1 Å². The van der Waals surface area contributed by atoms with E-state index in [0.29, 0.717) is 0 Å².